The molecular formula is C19H22N2O4S. The molecule has 138 valence electrons. The number of nitro groups is 1. The Balaban J connectivity index is 1.64. The van der Waals surface area contributed by atoms with Gasteiger partial charge in [0.25, 0.3) is 5.69 Å². The molecule has 1 aromatic heterocycles. The van der Waals surface area contributed by atoms with Crippen LogP contribution in [0.5, 0.6) is 0 Å². The molecule has 0 saturated carbocycles. The number of para-hydroxylation sites is 1. The minimum absolute atomic E-state index is 0.00854. The quantitative estimate of drug-likeness (QED) is 0.249. The Morgan fingerprint density at radius 1 is 1.15 bits per heavy atom. The highest BCUT2D eigenvalue weighted by atomic mass is 32.1. The second kappa shape index (κ2) is 9.91. The summed E-state index contributed by atoms with van der Waals surface area (Å²) in [6, 6.07) is 6.39. The smallest absolute Gasteiger partial charge is 0.273 e. The van der Waals surface area contributed by atoms with Crippen LogP contribution < -0.4 is 0 Å². The van der Waals surface area contributed by atoms with Crippen molar-refractivity contribution in [1.82, 2.24) is 4.98 Å². The van der Waals surface area contributed by atoms with Gasteiger partial charge in [-0.1, -0.05) is 31.0 Å². The van der Waals surface area contributed by atoms with Crippen LogP contribution in [-0.4, -0.2) is 21.5 Å². The fourth-order valence-corrected chi connectivity index (χ4v) is 3.56. The molecule has 1 heterocycles. The molecule has 2 aromatic rings. The van der Waals surface area contributed by atoms with E-state index in [1.807, 2.05) is 0 Å². The summed E-state index contributed by atoms with van der Waals surface area (Å²) in [6.07, 6.45) is 5.10. The van der Waals surface area contributed by atoms with Gasteiger partial charge in [0, 0.05) is 36.8 Å². The van der Waals surface area contributed by atoms with E-state index in [-0.39, 0.29) is 23.7 Å². The second-order valence-electron chi connectivity index (χ2n) is 6.20. The number of nitrogens with zero attached hydrogens (tertiary/aromatic N) is 2. The van der Waals surface area contributed by atoms with E-state index in [9.17, 15) is 19.7 Å². The highest BCUT2D eigenvalue weighted by Crippen LogP contribution is 2.19. The van der Waals surface area contributed by atoms with Crippen molar-refractivity contribution in [2.75, 3.05) is 0 Å². The number of nitro benzene ring substituents is 1. The average molecular weight is 374 g/mol. The first-order valence-corrected chi connectivity index (χ1v) is 9.54. The van der Waals surface area contributed by atoms with Gasteiger partial charge in [-0.25, -0.2) is 4.98 Å². The molecule has 0 saturated heterocycles. The number of thiazole rings is 1. The predicted molar refractivity (Wildman–Crippen MR) is 101 cm³/mol. The van der Waals surface area contributed by atoms with Crippen LogP contribution in [0.4, 0.5) is 5.69 Å². The van der Waals surface area contributed by atoms with E-state index in [1.54, 1.807) is 23.6 Å². The maximum Gasteiger partial charge on any atom is 0.273 e. The van der Waals surface area contributed by atoms with Crippen molar-refractivity contribution >= 4 is 28.6 Å². The molecule has 1 aromatic carbocycles. The van der Waals surface area contributed by atoms with Crippen molar-refractivity contribution in [2.45, 2.75) is 51.9 Å². The van der Waals surface area contributed by atoms with E-state index >= 15 is 0 Å². The normalized spacial score (nSPS) is 10.7. The van der Waals surface area contributed by atoms with Gasteiger partial charge in [-0.2, -0.15) is 0 Å². The van der Waals surface area contributed by atoms with Gasteiger partial charge in [0.15, 0.2) is 5.78 Å². The molecule has 0 amide bonds. The van der Waals surface area contributed by atoms with Gasteiger partial charge in [0.2, 0.25) is 0 Å². The van der Waals surface area contributed by atoms with Crippen molar-refractivity contribution in [3.8, 4) is 0 Å². The lowest BCUT2D eigenvalue weighted by Crippen LogP contribution is -2.05. The first kappa shape index (κ1) is 19.9. The maximum absolute atomic E-state index is 12.0. The number of rotatable bonds is 11. The lowest BCUT2D eigenvalue weighted by molar-refractivity contribution is -0.385. The molecule has 0 aliphatic rings. The van der Waals surface area contributed by atoms with Gasteiger partial charge < -0.3 is 0 Å². The molecule has 2 rings (SSSR count). The molecule has 0 spiro atoms. The zero-order valence-electron chi connectivity index (χ0n) is 14.8. The van der Waals surface area contributed by atoms with Gasteiger partial charge in [-0.15, -0.1) is 11.3 Å². The van der Waals surface area contributed by atoms with Crippen LogP contribution in [0.25, 0.3) is 0 Å². The van der Waals surface area contributed by atoms with Crippen molar-refractivity contribution < 1.29 is 14.5 Å². The summed E-state index contributed by atoms with van der Waals surface area (Å²) in [5.74, 6) is 0.0231. The van der Waals surface area contributed by atoms with Gasteiger partial charge >= 0.3 is 0 Å². The maximum atomic E-state index is 12.0. The Bertz CT molecular complexity index is 785. The Labute approximate surface area is 156 Å². The van der Waals surface area contributed by atoms with Crippen LogP contribution >= 0.6 is 11.3 Å². The molecule has 0 atom stereocenters. The molecule has 0 unspecified atom stereocenters. The molecule has 0 radical (unpaired) electrons. The van der Waals surface area contributed by atoms with E-state index < -0.39 is 4.92 Å². The third kappa shape index (κ3) is 6.15. The Morgan fingerprint density at radius 2 is 1.88 bits per heavy atom. The summed E-state index contributed by atoms with van der Waals surface area (Å²) in [5.41, 5.74) is 1.02. The zero-order chi connectivity index (χ0) is 18.9. The van der Waals surface area contributed by atoms with E-state index in [2.05, 4.69) is 4.98 Å². The summed E-state index contributed by atoms with van der Waals surface area (Å²) in [6.45, 7) is 1.51. The Kier molecular flexibility index (Phi) is 7.59. The number of Topliss-reactive ketones (excluding diaryl/α,β-unsaturated/α-hetero) is 2. The number of ketones is 2. The molecule has 0 N–H and O–H groups in total. The highest BCUT2D eigenvalue weighted by molar-refractivity contribution is 7.09. The lowest BCUT2D eigenvalue weighted by Gasteiger charge is -2.03. The lowest BCUT2D eigenvalue weighted by atomic mass is 10.0. The van der Waals surface area contributed by atoms with Gasteiger partial charge in [0.05, 0.1) is 9.93 Å². The fraction of sp³-hybridized carbons (Fsp3) is 0.421. The molecule has 0 fully saturated rings. The molecule has 7 heteroatoms. The number of aromatic nitrogens is 1. The van der Waals surface area contributed by atoms with Gasteiger partial charge in [-0.05, 0) is 19.3 Å². The molecule has 0 bridgehead atoms. The minimum Gasteiger partial charge on any atom is -0.299 e. The monoisotopic (exact) mass is 374 g/mol. The zero-order valence-corrected chi connectivity index (χ0v) is 15.6. The standard InChI is InChI=1S/C19H22N2O4S/c1-14(22)17-13-26-19(20-17)11-5-3-2-4-9-16(23)12-15-8-6-7-10-18(15)21(24)25/h6-8,10,13H,2-5,9,11-12H2,1H3. The molecule has 0 aliphatic carbocycles. The number of benzene rings is 1. The third-order valence-corrected chi connectivity index (χ3v) is 4.99. The largest absolute Gasteiger partial charge is 0.299 e. The topological polar surface area (TPSA) is 90.2 Å². The summed E-state index contributed by atoms with van der Waals surface area (Å²) in [4.78, 5) is 38.0. The van der Waals surface area contributed by atoms with Crippen molar-refractivity contribution in [3.05, 3.63) is 56.0 Å². The number of hydrogen-bond acceptors (Lipinski definition) is 6. The van der Waals surface area contributed by atoms with Crippen LogP contribution in [0.3, 0.4) is 0 Å². The average Bonchev–Trinajstić information content (AvgIpc) is 3.07. The van der Waals surface area contributed by atoms with E-state index in [0.29, 0.717) is 17.7 Å². The molecule has 26 heavy (non-hydrogen) atoms. The first-order valence-electron chi connectivity index (χ1n) is 8.66. The van der Waals surface area contributed by atoms with Crippen LogP contribution in [0, 0.1) is 10.1 Å². The molecule has 0 aliphatic heterocycles. The van der Waals surface area contributed by atoms with E-state index in [1.165, 1.54) is 24.3 Å². The number of carbonyl (C=O) groups is 2. The summed E-state index contributed by atoms with van der Waals surface area (Å²) < 4.78 is 0. The molecular weight excluding hydrogens is 352 g/mol. The summed E-state index contributed by atoms with van der Waals surface area (Å²) in [7, 11) is 0. The Hall–Kier alpha value is -2.41. The SMILES string of the molecule is CC(=O)c1csc(CCCCCCC(=O)Cc2ccccc2[N+](=O)[O-])n1. The molecule has 6 nitrogen and oxygen atoms in total. The third-order valence-electron chi connectivity index (χ3n) is 4.08. The fourth-order valence-electron chi connectivity index (χ4n) is 2.68. The minimum atomic E-state index is -0.446. The van der Waals surface area contributed by atoms with E-state index in [0.717, 1.165) is 37.1 Å². The van der Waals surface area contributed by atoms with Crippen molar-refractivity contribution in [1.29, 1.82) is 0 Å². The van der Waals surface area contributed by atoms with Crippen LogP contribution in [0.2, 0.25) is 0 Å². The van der Waals surface area contributed by atoms with Crippen LogP contribution in [0.15, 0.2) is 29.6 Å². The van der Waals surface area contributed by atoms with Gasteiger partial charge in [0.1, 0.15) is 11.5 Å². The van der Waals surface area contributed by atoms with Crippen molar-refractivity contribution in [2.24, 2.45) is 0 Å². The first-order chi connectivity index (χ1) is 12.5. The Morgan fingerprint density at radius 3 is 2.58 bits per heavy atom. The second-order valence-corrected chi connectivity index (χ2v) is 7.14. The van der Waals surface area contributed by atoms with Crippen molar-refractivity contribution in [3.63, 3.8) is 0 Å². The number of carbonyl (C=O) groups excluding carboxylic acids is 2. The van der Waals surface area contributed by atoms with Crippen LogP contribution in [0.1, 0.15) is 60.1 Å². The number of unbranched alkanes of at least 4 members (excludes halogenated alkanes) is 3. The summed E-state index contributed by atoms with van der Waals surface area (Å²) >= 11 is 1.51. The highest BCUT2D eigenvalue weighted by Gasteiger charge is 2.15. The number of aryl methyl sites for hydroxylation is 1. The van der Waals surface area contributed by atoms with E-state index in [4.69, 9.17) is 0 Å². The summed E-state index contributed by atoms with van der Waals surface area (Å²) in [5, 5.41) is 13.7. The predicted octanol–water partition coefficient (Wildman–Crippen LogP) is 4.56. The van der Waals surface area contributed by atoms with Crippen LogP contribution in [-0.2, 0) is 17.6 Å². The van der Waals surface area contributed by atoms with Gasteiger partial charge in [-0.3, -0.25) is 19.7 Å². The number of hydrogen-bond donors (Lipinski definition) is 0.